The van der Waals surface area contributed by atoms with Crippen LogP contribution >= 0.6 is 0 Å². The molecule has 3 nitrogen and oxygen atoms in total. The Hall–Kier alpha value is -1.42. The molecule has 1 aromatic carbocycles. The molecular formula is C18H25FN2O. The SMILES string of the molecule is CC(CC(=O)NC1(c2cccc(F)c2)CC1)C1CCNCC1. The summed E-state index contributed by atoms with van der Waals surface area (Å²) < 4.78 is 13.4. The van der Waals surface area contributed by atoms with Crippen molar-refractivity contribution in [2.24, 2.45) is 11.8 Å². The molecule has 3 rings (SSSR count). The van der Waals surface area contributed by atoms with Gasteiger partial charge in [0.1, 0.15) is 5.82 Å². The molecule has 2 aliphatic rings. The van der Waals surface area contributed by atoms with Crippen molar-refractivity contribution in [1.29, 1.82) is 0 Å². The summed E-state index contributed by atoms with van der Waals surface area (Å²) in [6.07, 6.45) is 4.70. The van der Waals surface area contributed by atoms with Crippen LogP contribution in [0.25, 0.3) is 0 Å². The van der Waals surface area contributed by atoms with E-state index in [9.17, 15) is 9.18 Å². The molecule has 1 heterocycles. The van der Waals surface area contributed by atoms with Crippen LogP contribution in [0.5, 0.6) is 0 Å². The number of hydrogen-bond acceptors (Lipinski definition) is 2. The summed E-state index contributed by atoms with van der Waals surface area (Å²) in [6, 6.07) is 6.62. The van der Waals surface area contributed by atoms with E-state index in [4.69, 9.17) is 0 Å². The monoisotopic (exact) mass is 304 g/mol. The van der Waals surface area contributed by atoms with Gasteiger partial charge in [0.05, 0.1) is 5.54 Å². The molecule has 1 atom stereocenters. The highest BCUT2D eigenvalue weighted by molar-refractivity contribution is 5.77. The Bertz CT molecular complexity index is 536. The summed E-state index contributed by atoms with van der Waals surface area (Å²) in [5.41, 5.74) is 0.586. The van der Waals surface area contributed by atoms with Gasteiger partial charge in [-0.1, -0.05) is 19.1 Å². The quantitative estimate of drug-likeness (QED) is 0.878. The van der Waals surface area contributed by atoms with Crippen molar-refractivity contribution in [2.45, 2.75) is 44.6 Å². The molecule has 1 aliphatic heterocycles. The molecule has 1 aromatic rings. The van der Waals surface area contributed by atoms with Gasteiger partial charge >= 0.3 is 0 Å². The molecule has 1 unspecified atom stereocenters. The average Bonchev–Trinajstić information content (AvgIpc) is 3.29. The number of piperidine rings is 1. The molecule has 0 radical (unpaired) electrons. The maximum Gasteiger partial charge on any atom is 0.220 e. The summed E-state index contributed by atoms with van der Waals surface area (Å²) >= 11 is 0. The zero-order valence-electron chi connectivity index (χ0n) is 13.2. The van der Waals surface area contributed by atoms with Crippen molar-refractivity contribution < 1.29 is 9.18 Å². The third-order valence-electron chi connectivity index (χ3n) is 5.20. The number of nitrogens with one attached hydrogen (secondary N) is 2. The summed E-state index contributed by atoms with van der Waals surface area (Å²) in [7, 11) is 0. The fourth-order valence-electron chi connectivity index (χ4n) is 3.59. The second-order valence-corrected chi connectivity index (χ2v) is 6.91. The standard InChI is InChI=1S/C18H25FN2O/c1-13(14-5-9-20-10-6-14)11-17(22)21-18(7-8-18)15-3-2-4-16(19)12-15/h2-4,12-14,20H,5-11H2,1H3,(H,21,22). The Morgan fingerprint density at radius 1 is 1.41 bits per heavy atom. The van der Waals surface area contributed by atoms with Crippen LogP contribution in [0.2, 0.25) is 0 Å². The van der Waals surface area contributed by atoms with E-state index in [1.165, 1.54) is 6.07 Å². The first-order valence-electron chi connectivity index (χ1n) is 8.37. The van der Waals surface area contributed by atoms with E-state index in [-0.39, 0.29) is 17.3 Å². The highest BCUT2D eigenvalue weighted by Crippen LogP contribution is 2.45. The number of rotatable bonds is 5. The maximum atomic E-state index is 13.4. The van der Waals surface area contributed by atoms with Gasteiger partial charge in [0.15, 0.2) is 0 Å². The lowest BCUT2D eigenvalue weighted by atomic mass is 9.84. The van der Waals surface area contributed by atoms with E-state index >= 15 is 0 Å². The normalized spacial score (nSPS) is 22.1. The zero-order valence-corrected chi connectivity index (χ0v) is 13.2. The Morgan fingerprint density at radius 2 is 2.14 bits per heavy atom. The van der Waals surface area contributed by atoms with E-state index in [1.807, 2.05) is 6.07 Å². The number of hydrogen-bond donors (Lipinski definition) is 2. The minimum Gasteiger partial charge on any atom is -0.347 e. The largest absolute Gasteiger partial charge is 0.347 e. The lowest BCUT2D eigenvalue weighted by Crippen LogP contribution is -2.37. The van der Waals surface area contributed by atoms with E-state index in [0.29, 0.717) is 18.3 Å². The third-order valence-corrected chi connectivity index (χ3v) is 5.20. The fraction of sp³-hybridized carbons (Fsp3) is 0.611. The summed E-state index contributed by atoms with van der Waals surface area (Å²) in [4.78, 5) is 12.4. The van der Waals surface area contributed by atoms with Gasteiger partial charge in [0.2, 0.25) is 5.91 Å². The van der Waals surface area contributed by atoms with Gasteiger partial charge in [0.25, 0.3) is 0 Å². The number of amides is 1. The highest BCUT2D eigenvalue weighted by atomic mass is 19.1. The highest BCUT2D eigenvalue weighted by Gasteiger charge is 2.45. The van der Waals surface area contributed by atoms with E-state index in [1.54, 1.807) is 12.1 Å². The maximum absolute atomic E-state index is 13.4. The molecule has 4 heteroatoms. The van der Waals surface area contributed by atoms with Crippen molar-refractivity contribution in [1.82, 2.24) is 10.6 Å². The molecule has 1 saturated carbocycles. The van der Waals surface area contributed by atoms with Crippen LogP contribution in [-0.2, 0) is 10.3 Å². The lowest BCUT2D eigenvalue weighted by molar-refractivity contribution is -0.123. The Balaban J connectivity index is 1.57. The van der Waals surface area contributed by atoms with Crippen molar-refractivity contribution in [2.75, 3.05) is 13.1 Å². The van der Waals surface area contributed by atoms with Crippen LogP contribution in [0.1, 0.15) is 44.6 Å². The van der Waals surface area contributed by atoms with Crippen LogP contribution in [0, 0.1) is 17.7 Å². The van der Waals surface area contributed by atoms with Crippen molar-refractivity contribution in [3.8, 4) is 0 Å². The average molecular weight is 304 g/mol. The van der Waals surface area contributed by atoms with Crippen LogP contribution in [-0.4, -0.2) is 19.0 Å². The molecule has 0 spiro atoms. The summed E-state index contributed by atoms with van der Waals surface area (Å²) in [5, 5.41) is 6.52. The first-order chi connectivity index (χ1) is 10.6. The van der Waals surface area contributed by atoms with Gasteiger partial charge in [-0.25, -0.2) is 4.39 Å². The second-order valence-electron chi connectivity index (χ2n) is 6.91. The van der Waals surface area contributed by atoms with Crippen LogP contribution in [0.15, 0.2) is 24.3 Å². The van der Waals surface area contributed by atoms with Crippen LogP contribution in [0.4, 0.5) is 4.39 Å². The summed E-state index contributed by atoms with van der Waals surface area (Å²) in [5.74, 6) is 0.913. The molecule has 1 amide bonds. The zero-order chi connectivity index (χ0) is 15.6. The minimum atomic E-state index is -0.312. The number of carbonyl (C=O) groups is 1. The Morgan fingerprint density at radius 3 is 2.77 bits per heavy atom. The van der Waals surface area contributed by atoms with Crippen molar-refractivity contribution >= 4 is 5.91 Å². The predicted molar refractivity (Wildman–Crippen MR) is 84.8 cm³/mol. The van der Waals surface area contributed by atoms with E-state index in [0.717, 1.165) is 44.3 Å². The Kier molecular flexibility index (Phi) is 4.48. The van der Waals surface area contributed by atoms with Gasteiger partial charge in [-0.15, -0.1) is 0 Å². The number of halogens is 1. The van der Waals surface area contributed by atoms with Crippen LogP contribution in [0.3, 0.4) is 0 Å². The molecule has 1 aliphatic carbocycles. The first-order valence-corrected chi connectivity index (χ1v) is 8.37. The van der Waals surface area contributed by atoms with Crippen LogP contribution < -0.4 is 10.6 Å². The number of carbonyl (C=O) groups excluding carboxylic acids is 1. The number of benzene rings is 1. The lowest BCUT2D eigenvalue weighted by Gasteiger charge is -2.28. The third kappa shape index (κ3) is 3.49. The Labute approximate surface area is 131 Å². The molecule has 0 bridgehead atoms. The van der Waals surface area contributed by atoms with Gasteiger partial charge in [-0.2, -0.15) is 0 Å². The molecule has 2 fully saturated rings. The van der Waals surface area contributed by atoms with Gasteiger partial charge < -0.3 is 10.6 Å². The van der Waals surface area contributed by atoms with E-state index in [2.05, 4.69) is 17.6 Å². The fourth-order valence-corrected chi connectivity index (χ4v) is 3.59. The molecule has 22 heavy (non-hydrogen) atoms. The van der Waals surface area contributed by atoms with E-state index < -0.39 is 0 Å². The second kappa shape index (κ2) is 6.37. The minimum absolute atomic E-state index is 0.104. The van der Waals surface area contributed by atoms with Gasteiger partial charge in [-0.05, 0) is 68.3 Å². The predicted octanol–water partition coefficient (Wildman–Crippen LogP) is 2.96. The molecule has 1 saturated heterocycles. The van der Waals surface area contributed by atoms with Gasteiger partial charge in [0, 0.05) is 6.42 Å². The summed E-state index contributed by atoms with van der Waals surface area (Å²) in [6.45, 7) is 4.30. The topological polar surface area (TPSA) is 41.1 Å². The molecule has 0 aromatic heterocycles. The molecule has 2 N–H and O–H groups in total. The molecule has 120 valence electrons. The van der Waals surface area contributed by atoms with Crippen molar-refractivity contribution in [3.05, 3.63) is 35.6 Å². The van der Waals surface area contributed by atoms with Gasteiger partial charge in [-0.3, -0.25) is 4.79 Å². The smallest absolute Gasteiger partial charge is 0.220 e. The molecular weight excluding hydrogens is 279 g/mol. The van der Waals surface area contributed by atoms with Crippen molar-refractivity contribution in [3.63, 3.8) is 0 Å². The first kappa shape index (κ1) is 15.5.